The average molecular weight is 190 g/mol. The minimum atomic E-state index is -6.69. The molecule has 0 heterocycles. The number of rotatable bonds is 1. The molecule has 0 saturated heterocycles. The van der Waals surface area contributed by atoms with Crippen molar-refractivity contribution in [3.8, 4) is 0 Å². The molecule has 0 aliphatic rings. The minimum Gasteiger partial charge on any atom is -0.159 e. The van der Waals surface area contributed by atoms with E-state index in [9.17, 15) is 35.4 Å². The molecule has 0 spiro atoms. The molecule has 0 saturated carbocycles. The van der Waals surface area contributed by atoms with Gasteiger partial charge in [-0.1, -0.05) is 0 Å². The van der Waals surface area contributed by atoms with Crippen LogP contribution in [0.1, 0.15) is 0 Å². The van der Waals surface area contributed by atoms with E-state index < -0.39 is 17.4 Å². The summed E-state index contributed by atoms with van der Waals surface area (Å²) >= 11 is 0. The summed E-state index contributed by atoms with van der Waals surface area (Å²) in [6.45, 7) is 0. The number of hydrogen-bond acceptors (Lipinski definition) is 0. The first kappa shape index (κ1) is 10.4. The molecule has 0 aromatic carbocycles. The standard InChI is InChI=1S/C2F8N/c3-1(4,5)2(6,7)11(8,9)10/q+1. The van der Waals surface area contributed by atoms with Crippen LogP contribution in [-0.4, -0.2) is 17.4 Å². The summed E-state index contributed by atoms with van der Waals surface area (Å²) in [7, 11) is 0. The van der Waals surface area contributed by atoms with E-state index in [1.807, 2.05) is 0 Å². The van der Waals surface area contributed by atoms with Crippen LogP contribution < -0.4 is 0 Å². The predicted molar refractivity (Wildman–Crippen MR) is 14.6 cm³/mol. The van der Waals surface area contributed by atoms with Gasteiger partial charge in [-0.25, -0.2) is 0 Å². The summed E-state index contributed by atoms with van der Waals surface area (Å²) in [6.07, 6.45) is -6.61. The highest BCUT2D eigenvalue weighted by Crippen LogP contribution is 2.44. The summed E-state index contributed by atoms with van der Waals surface area (Å²) in [5.74, 6) is 0. The highest BCUT2D eigenvalue weighted by molar-refractivity contribution is 4.60. The van der Waals surface area contributed by atoms with Gasteiger partial charge in [0, 0.05) is 0 Å². The number of nitrogens with zero attached hydrogens (tertiary/aromatic N) is 1. The Morgan fingerprint density at radius 3 is 1.00 bits per heavy atom. The number of alkyl halides is 5. The van der Waals surface area contributed by atoms with Gasteiger partial charge in [0.25, 0.3) is 0 Å². The maximum Gasteiger partial charge on any atom is 0.602 e. The molecule has 68 valence electrons. The molecule has 0 N–H and O–H groups in total. The van der Waals surface area contributed by atoms with Crippen molar-refractivity contribution < 1.29 is 40.5 Å². The van der Waals surface area contributed by atoms with Crippen LogP contribution in [0.4, 0.5) is 35.4 Å². The smallest absolute Gasteiger partial charge is 0.159 e. The van der Waals surface area contributed by atoms with E-state index in [0.717, 1.165) is 0 Å². The van der Waals surface area contributed by atoms with Crippen molar-refractivity contribution in [2.75, 3.05) is 0 Å². The van der Waals surface area contributed by atoms with Gasteiger partial charge >= 0.3 is 17.4 Å². The van der Waals surface area contributed by atoms with Gasteiger partial charge in [-0.3, -0.25) is 0 Å². The predicted octanol–water partition coefficient (Wildman–Crippen LogP) is 2.61. The quantitative estimate of drug-likeness (QED) is 0.338. The van der Waals surface area contributed by atoms with Gasteiger partial charge in [-0.05, 0) is 0 Å². The van der Waals surface area contributed by atoms with Crippen molar-refractivity contribution in [2.24, 2.45) is 0 Å². The van der Waals surface area contributed by atoms with Crippen LogP contribution in [0.3, 0.4) is 0 Å². The lowest BCUT2D eigenvalue weighted by atomic mass is 10.5. The highest BCUT2D eigenvalue weighted by atomic mass is 19.6. The van der Waals surface area contributed by atoms with Crippen molar-refractivity contribution >= 4 is 0 Å². The third-order valence-corrected chi connectivity index (χ3v) is 0.659. The molecule has 1 nitrogen and oxygen atoms in total. The van der Waals surface area contributed by atoms with Crippen LogP contribution in [0.5, 0.6) is 0 Å². The molecule has 0 aliphatic carbocycles. The van der Waals surface area contributed by atoms with E-state index in [4.69, 9.17) is 0 Å². The topological polar surface area (TPSA) is 0 Å². The Labute approximate surface area is 54.2 Å². The van der Waals surface area contributed by atoms with Gasteiger partial charge in [-0.2, -0.15) is 13.2 Å². The van der Waals surface area contributed by atoms with E-state index in [1.165, 1.54) is 0 Å². The van der Waals surface area contributed by atoms with Crippen LogP contribution in [0, 0.1) is 0 Å². The van der Waals surface area contributed by atoms with E-state index in [0.29, 0.717) is 0 Å². The Hall–Kier alpha value is -0.600. The molecule has 0 radical (unpaired) electrons. The van der Waals surface area contributed by atoms with Crippen LogP contribution >= 0.6 is 0 Å². The summed E-state index contributed by atoms with van der Waals surface area (Å²) in [4.78, 5) is 0. The highest BCUT2D eigenvalue weighted by Gasteiger charge is 2.81. The molecule has 9 heteroatoms. The van der Waals surface area contributed by atoms with E-state index in [2.05, 4.69) is 0 Å². The molecule has 0 atom stereocenters. The zero-order valence-electron chi connectivity index (χ0n) is 4.47. The van der Waals surface area contributed by atoms with Crippen molar-refractivity contribution in [2.45, 2.75) is 12.2 Å². The number of quaternary nitrogens is 1. The van der Waals surface area contributed by atoms with Gasteiger partial charge in [0.1, 0.15) is 0 Å². The molecule has 0 amide bonds. The Balaban J connectivity index is 4.75. The first-order valence-electron chi connectivity index (χ1n) is 1.93. The zero-order valence-corrected chi connectivity index (χ0v) is 4.47. The fraction of sp³-hybridized carbons (Fsp3) is 1.00. The molecule has 0 aromatic heterocycles. The van der Waals surface area contributed by atoms with Crippen LogP contribution in [0.15, 0.2) is 0 Å². The van der Waals surface area contributed by atoms with E-state index >= 15 is 0 Å². The average Bonchev–Trinajstić information content (AvgIpc) is 1.58. The fourth-order valence-electron chi connectivity index (χ4n) is 0.144. The van der Waals surface area contributed by atoms with Gasteiger partial charge in [0.15, 0.2) is 0 Å². The third-order valence-electron chi connectivity index (χ3n) is 0.659. The number of halogens is 8. The molecule has 0 rings (SSSR count). The molecule has 0 aliphatic heterocycles. The SMILES string of the molecule is FC(F)(F)C(F)(F)[N+](F)(F)F. The van der Waals surface area contributed by atoms with Crippen LogP contribution in [0.25, 0.3) is 0 Å². The van der Waals surface area contributed by atoms with Crippen molar-refractivity contribution in [3.63, 3.8) is 0 Å². The molecule has 11 heavy (non-hydrogen) atoms. The van der Waals surface area contributed by atoms with Crippen molar-refractivity contribution in [3.05, 3.63) is 0 Å². The summed E-state index contributed by atoms with van der Waals surface area (Å²) in [5.41, 5.74) is 0. The largest absolute Gasteiger partial charge is 0.602 e. The van der Waals surface area contributed by atoms with Crippen molar-refractivity contribution in [1.29, 1.82) is 0 Å². The monoisotopic (exact) mass is 190 g/mol. The van der Waals surface area contributed by atoms with Crippen LogP contribution in [0.2, 0.25) is 0 Å². The second-order valence-electron chi connectivity index (χ2n) is 1.48. The Kier molecular flexibility index (Phi) is 2.07. The minimum absolute atomic E-state index is 5.95. The van der Waals surface area contributed by atoms with Gasteiger partial charge in [-0.15, -0.1) is 8.78 Å². The Bertz CT molecular complexity index is 123. The van der Waals surface area contributed by atoms with E-state index in [-0.39, 0.29) is 0 Å². The van der Waals surface area contributed by atoms with Crippen molar-refractivity contribution in [1.82, 2.24) is 0 Å². The lowest BCUT2D eigenvalue weighted by Gasteiger charge is -2.14. The molecule has 0 bridgehead atoms. The molecule has 0 unspecified atom stereocenters. The normalized spacial score (nSPS) is 15.3. The maximum absolute atomic E-state index is 11.2. The summed E-state index contributed by atoms with van der Waals surface area (Å²) in [5, 5.41) is -5.95. The Morgan fingerprint density at radius 1 is 0.727 bits per heavy atom. The summed E-state index contributed by atoms with van der Waals surface area (Å²) in [6, 6.07) is -6.69. The maximum atomic E-state index is 11.2. The van der Waals surface area contributed by atoms with E-state index in [1.54, 1.807) is 0 Å². The molecular formula is C2F8N+. The van der Waals surface area contributed by atoms with Gasteiger partial charge < -0.3 is 0 Å². The first-order chi connectivity index (χ1) is 4.50. The first-order valence-corrected chi connectivity index (χ1v) is 1.93. The lowest BCUT2D eigenvalue weighted by molar-refractivity contribution is -1.32. The summed E-state index contributed by atoms with van der Waals surface area (Å²) < 4.78 is 87.2. The van der Waals surface area contributed by atoms with Gasteiger partial charge in [0.2, 0.25) is 0 Å². The second kappa shape index (κ2) is 2.19. The van der Waals surface area contributed by atoms with Gasteiger partial charge in [0.05, 0.1) is 13.4 Å². The zero-order chi connectivity index (χ0) is 9.50. The Morgan fingerprint density at radius 2 is 1.00 bits per heavy atom. The second-order valence-corrected chi connectivity index (χ2v) is 1.48. The number of hydrogen-bond donors (Lipinski definition) is 0. The lowest BCUT2D eigenvalue weighted by Crippen LogP contribution is -2.52. The fourth-order valence-corrected chi connectivity index (χ4v) is 0.144. The van der Waals surface area contributed by atoms with Crippen LogP contribution in [-0.2, 0) is 0 Å². The third kappa shape index (κ3) is 1.70. The molecule has 0 aromatic rings. The molecule has 0 fully saturated rings. The molecular weight excluding hydrogens is 190 g/mol.